The Morgan fingerprint density at radius 1 is 1.42 bits per heavy atom. The van der Waals surface area contributed by atoms with Gasteiger partial charge in [0.15, 0.2) is 11.6 Å². The molecule has 1 amide bonds. The summed E-state index contributed by atoms with van der Waals surface area (Å²) < 4.78 is 18.4. The van der Waals surface area contributed by atoms with Crippen LogP contribution in [0.2, 0.25) is 0 Å². The van der Waals surface area contributed by atoms with Gasteiger partial charge in [0, 0.05) is 6.20 Å². The summed E-state index contributed by atoms with van der Waals surface area (Å²) in [6.45, 7) is 0.522. The second kappa shape index (κ2) is 6.53. The molecule has 0 bridgehead atoms. The number of rotatable bonds is 6. The average molecular weight is 263 g/mol. The van der Waals surface area contributed by atoms with E-state index >= 15 is 0 Å². The molecule has 2 aromatic rings. The third-order valence-electron chi connectivity index (χ3n) is 2.45. The molecule has 0 radical (unpaired) electrons. The molecule has 0 atom stereocenters. The van der Waals surface area contributed by atoms with Gasteiger partial charge in [-0.25, -0.2) is 9.37 Å². The molecule has 0 saturated heterocycles. The summed E-state index contributed by atoms with van der Waals surface area (Å²) in [6.07, 6.45) is 3.35. The first-order chi connectivity index (χ1) is 9.25. The molecule has 1 aromatic heterocycles. The van der Waals surface area contributed by atoms with Gasteiger partial charge in [0.2, 0.25) is 5.91 Å². The molecule has 6 heteroatoms. The molecule has 2 N–H and O–H groups in total. The van der Waals surface area contributed by atoms with Crippen LogP contribution in [0.1, 0.15) is 12.1 Å². The topological polar surface area (TPSA) is 67.0 Å². The number of aromatic amines is 1. The number of ether oxygens (including phenoxy) is 1. The van der Waals surface area contributed by atoms with Crippen molar-refractivity contribution in [2.75, 3.05) is 6.61 Å². The molecular formula is C13H14FN3O2. The van der Waals surface area contributed by atoms with Gasteiger partial charge in [-0.15, -0.1) is 0 Å². The molecule has 19 heavy (non-hydrogen) atoms. The van der Waals surface area contributed by atoms with Gasteiger partial charge in [0.25, 0.3) is 0 Å². The lowest BCUT2D eigenvalue weighted by Gasteiger charge is -2.07. The maximum Gasteiger partial charge on any atom is 0.223 e. The van der Waals surface area contributed by atoms with Gasteiger partial charge in [-0.1, -0.05) is 12.1 Å². The van der Waals surface area contributed by atoms with E-state index in [4.69, 9.17) is 4.74 Å². The summed E-state index contributed by atoms with van der Waals surface area (Å²) in [5, 5.41) is 2.70. The fourth-order valence-corrected chi connectivity index (χ4v) is 1.48. The van der Waals surface area contributed by atoms with Crippen LogP contribution in [0.4, 0.5) is 4.39 Å². The molecule has 1 heterocycles. The van der Waals surface area contributed by atoms with E-state index < -0.39 is 5.82 Å². The van der Waals surface area contributed by atoms with Gasteiger partial charge in [0.1, 0.15) is 0 Å². The minimum absolute atomic E-state index is 0.135. The Kier molecular flexibility index (Phi) is 4.49. The van der Waals surface area contributed by atoms with Crippen LogP contribution in [0.3, 0.4) is 0 Å². The summed E-state index contributed by atoms with van der Waals surface area (Å²) in [5.41, 5.74) is 0.823. The number of para-hydroxylation sites is 1. The molecule has 2 rings (SSSR count). The number of nitrogens with zero attached hydrogens (tertiary/aromatic N) is 1. The van der Waals surface area contributed by atoms with E-state index in [1.165, 1.54) is 12.1 Å². The summed E-state index contributed by atoms with van der Waals surface area (Å²) in [7, 11) is 0. The maximum atomic E-state index is 13.2. The van der Waals surface area contributed by atoms with Crippen molar-refractivity contribution in [3.05, 3.63) is 48.3 Å². The maximum absolute atomic E-state index is 13.2. The van der Waals surface area contributed by atoms with Crippen LogP contribution in [-0.2, 0) is 11.3 Å². The second-order valence-electron chi connectivity index (χ2n) is 3.88. The van der Waals surface area contributed by atoms with Crippen LogP contribution < -0.4 is 10.1 Å². The zero-order valence-corrected chi connectivity index (χ0v) is 10.2. The number of carbonyl (C=O) groups excluding carboxylic acids is 1. The fourth-order valence-electron chi connectivity index (χ4n) is 1.48. The van der Waals surface area contributed by atoms with Crippen LogP contribution in [0.25, 0.3) is 0 Å². The largest absolute Gasteiger partial charge is 0.490 e. The predicted octanol–water partition coefficient (Wildman–Crippen LogP) is 1.63. The number of amides is 1. The summed E-state index contributed by atoms with van der Waals surface area (Å²) in [6, 6.07) is 6.10. The number of halogens is 1. The average Bonchev–Trinajstić information content (AvgIpc) is 2.92. The number of aromatic nitrogens is 2. The predicted molar refractivity (Wildman–Crippen MR) is 66.9 cm³/mol. The van der Waals surface area contributed by atoms with Crippen LogP contribution in [0.15, 0.2) is 36.8 Å². The van der Waals surface area contributed by atoms with Gasteiger partial charge < -0.3 is 15.0 Å². The molecule has 0 aliphatic carbocycles. The Morgan fingerprint density at radius 2 is 2.26 bits per heavy atom. The molecule has 0 aliphatic rings. The minimum Gasteiger partial charge on any atom is -0.490 e. The van der Waals surface area contributed by atoms with Gasteiger partial charge in [-0.3, -0.25) is 4.79 Å². The smallest absolute Gasteiger partial charge is 0.223 e. The number of benzene rings is 1. The fraction of sp³-hybridized carbons (Fsp3) is 0.231. The van der Waals surface area contributed by atoms with Crippen molar-refractivity contribution < 1.29 is 13.9 Å². The molecule has 0 fully saturated rings. The summed E-state index contributed by atoms with van der Waals surface area (Å²) in [5.74, 6) is -0.435. The molecule has 0 saturated carbocycles. The van der Waals surface area contributed by atoms with Crippen LogP contribution >= 0.6 is 0 Å². The van der Waals surface area contributed by atoms with Crippen molar-refractivity contribution in [3.8, 4) is 5.75 Å². The Hall–Kier alpha value is -2.37. The van der Waals surface area contributed by atoms with Gasteiger partial charge >= 0.3 is 0 Å². The summed E-state index contributed by atoms with van der Waals surface area (Å²) >= 11 is 0. The Balaban J connectivity index is 1.68. The summed E-state index contributed by atoms with van der Waals surface area (Å²) in [4.78, 5) is 18.2. The first-order valence-electron chi connectivity index (χ1n) is 5.87. The van der Waals surface area contributed by atoms with Crippen molar-refractivity contribution in [3.63, 3.8) is 0 Å². The van der Waals surface area contributed by atoms with Crippen molar-refractivity contribution in [1.29, 1.82) is 0 Å². The van der Waals surface area contributed by atoms with E-state index in [1.807, 2.05) is 0 Å². The van der Waals surface area contributed by atoms with Crippen molar-refractivity contribution in [2.24, 2.45) is 0 Å². The zero-order chi connectivity index (χ0) is 13.5. The first-order valence-corrected chi connectivity index (χ1v) is 5.87. The first kappa shape index (κ1) is 13.1. The van der Waals surface area contributed by atoms with Crippen molar-refractivity contribution in [1.82, 2.24) is 15.3 Å². The Labute approximate surface area is 109 Å². The van der Waals surface area contributed by atoms with Crippen molar-refractivity contribution in [2.45, 2.75) is 13.0 Å². The monoisotopic (exact) mass is 263 g/mol. The highest BCUT2D eigenvalue weighted by Crippen LogP contribution is 2.15. The van der Waals surface area contributed by atoms with E-state index in [0.717, 1.165) is 5.69 Å². The Bertz CT molecular complexity index is 528. The van der Waals surface area contributed by atoms with Crippen LogP contribution in [0.5, 0.6) is 5.75 Å². The van der Waals surface area contributed by atoms with Gasteiger partial charge in [-0.2, -0.15) is 0 Å². The molecule has 0 unspecified atom stereocenters. The number of hydrogen-bond donors (Lipinski definition) is 2. The quantitative estimate of drug-likeness (QED) is 0.832. The number of H-pyrrole nitrogens is 1. The van der Waals surface area contributed by atoms with E-state index in [9.17, 15) is 9.18 Å². The third-order valence-corrected chi connectivity index (χ3v) is 2.45. The third kappa shape index (κ3) is 4.09. The molecule has 0 aliphatic heterocycles. The van der Waals surface area contributed by atoms with Crippen LogP contribution in [-0.4, -0.2) is 22.5 Å². The number of imidazole rings is 1. The number of nitrogens with one attached hydrogen (secondary N) is 2. The molecule has 0 spiro atoms. The SMILES string of the molecule is O=C(CCOc1ccccc1F)NCc1cnc[nH]1. The highest BCUT2D eigenvalue weighted by atomic mass is 19.1. The van der Waals surface area contributed by atoms with Crippen LogP contribution in [0, 0.1) is 5.82 Å². The van der Waals surface area contributed by atoms with E-state index in [0.29, 0.717) is 6.54 Å². The second-order valence-corrected chi connectivity index (χ2v) is 3.88. The molecule has 100 valence electrons. The standard InChI is InChI=1S/C13H14FN3O2/c14-11-3-1-2-4-12(11)19-6-5-13(18)16-8-10-7-15-9-17-10/h1-4,7,9H,5-6,8H2,(H,15,17)(H,16,18). The lowest BCUT2D eigenvalue weighted by Crippen LogP contribution is -2.24. The van der Waals surface area contributed by atoms with Gasteiger partial charge in [0.05, 0.1) is 31.6 Å². The molecule has 1 aromatic carbocycles. The van der Waals surface area contributed by atoms with Crippen molar-refractivity contribution >= 4 is 5.91 Å². The lowest BCUT2D eigenvalue weighted by molar-refractivity contribution is -0.121. The number of hydrogen-bond acceptors (Lipinski definition) is 3. The van der Waals surface area contributed by atoms with E-state index in [2.05, 4.69) is 15.3 Å². The van der Waals surface area contributed by atoms with E-state index in [1.54, 1.807) is 24.7 Å². The minimum atomic E-state index is -0.430. The highest BCUT2D eigenvalue weighted by Gasteiger charge is 2.05. The highest BCUT2D eigenvalue weighted by molar-refractivity contribution is 5.75. The number of carbonyl (C=O) groups is 1. The lowest BCUT2D eigenvalue weighted by atomic mass is 10.3. The molecule has 5 nitrogen and oxygen atoms in total. The Morgan fingerprint density at radius 3 is 3.00 bits per heavy atom. The van der Waals surface area contributed by atoms with Gasteiger partial charge in [-0.05, 0) is 12.1 Å². The normalized spacial score (nSPS) is 10.2. The zero-order valence-electron chi connectivity index (χ0n) is 10.2. The van der Waals surface area contributed by atoms with E-state index in [-0.39, 0.29) is 24.7 Å². The molecular weight excluding hydrogens is 249 g/mol.